The first kappa shape index (κ1) is 15.1. The van der Waals surface area contributed by atoms with Crippen LogP contribution >= 0.6 is 0 Å². The quantitative estimate of drug-likeness (QED) is 0.629. The van der Waals surface area contributed by atoms with Crippen LogP contribution in [-0.2, 0) is 0 Å². The Morgan fingerprint density at radius 1 is 1.29 bits per heavy atom. The van der Waals surface area contributed by atoms with Crippen LogP contribution in [0.3, 0.4) is 0 Å². The van der Waals surface area contributed by atoms with Crippen LogP contribution in [0.4, 0.5) is 10.5 Å². The van der Waals surface area contributed by atoms with Gasteiger partial charge in [0.15, 0.2) is 5.75 Å². The number of aromatic hydroxyl groups is 1. The molecule has 0 atom stereocenters. The number of aliphatic hydroxyl groups excluding tert-OH is 1. The van der Waals surface area contributed by atoms with Crippen LogP contribution in [0.5, 0.6) is 5.75 Å². The zero-order valence-corrected chi connectivity index (χ0v) is 11.5. The van der Waals surface area contributed by atoms with Gasteiger partial charge in [0, 0.05) is 19.7 Å². The van der Waals surface area contributed by atoms with Crippen LogP contribution in [0.25, 0.3) is 0 Å². The van der Waals surface area contributed by atoms with E-state index in [1.54, 1.807) is 4.90 Å². The largest absolute Gasteiger partial charge is 0.505 e. The molecule has 1 fully saturated rings. The van der Waals surface area contributed by atoms with Gasteiger partial charge in [-0.2, -0.15) is 0 Å². The molecule has 7 heteroatoms. The zero-order chi connectivity index (χ0) is 15.4. The van der Waals surface area contributed by atoms with Gasteiger partial charge in [-0.25, -0.2) is 9.59 Å². The molecule has 0 radical (unpaired) electrons. The number of phenols is 1. The fraction of sp³-hybridized carbons (Fsp3) is 0.429. The lowest BCUT2D eigenvalue weighted by Crippen LogP contribution is -2.41. The van der Waals surface area contributed by atoms with Gasteiger partial charge in [-0.1, -0.05) is 6.07 Å². The van der Waals surface area contributed by atoms with Crippen molar-refractivity contribution in [3.8, 4) is 5.75 Å². The fourth-order valence-corrected chi connectivity index (χ4v) is 2.33. The van der Waals surface area contributed by atoms with Crippen molar-refractivity contribution in [3.05, 3.63) is 23.8 Å². The summed E-state index contributed by atoms with van der Waals surface area (Å²) in [6.07, 6.45) is 1.45. The normalized spacial score (nSPS) is 15.8. The Labute approximate surface area is 121 Å². The van der Waals surface area contributed by atoms with Crippen LogP contribution in [0.2, 0.25) is 0 Å². The summed E-state index contributed by atoms with van der Waals surface area (Å²) in [6.45, 7) is 1.17. The molecule has 2 rings (SSSR count). The number of likely N-dealkylation sites (tertiary alicyclic amines) is 1. The molecule has 1 heterocycles. The van der Waals surface area contributed by atoms with Crippen molar-refractivity contribution in [1.82, 2.24) is 4.90 Å². The maximum absolute atomic E-state index is 12.1. The Morgan fingerprint density at radius 2 is 1.95 bits per heavy atom. The molecule has 0 aliphatic carbocycles. The van der Waals surface area contributed by atoms with E-state index in [-0.39, 0.29) is 29.8 Å². The molecule has 1 saturated heterocycles. The zero-order valence-electron chi connectivity index (χ0n) is 11.5. The number of carbonyl (C=O) groups excluding carboxylic acids is 1. The topological polar surface area (TPSA) is 110 Å². The minimum atomic E-state index is -1.26. The van der Waals surface area contributed by atoms with Gasteiger partial charge >= 0.3 is 12.0 Å². The van der Waals surface area contributed by atoms with Crippen molar-refractivity contribution >= 4 is 17.7 Å². The molecule has 0 bridgehead atoms. The first-order chi connectivity index (χ1) is 10.0. The van der Waals surface area contributed by atoms with Crippen LogP contribution in [0.15, 0.2) is 18.2 Å². The first-order valence-corrected chi connectivity index (χ1v) is 6.75. The lowest BCUT2D eigenvalue weighted by atomic mass is 9.98. The van der Waals surface area contributed by atoms with E-state index in [2.05, 4.69) is 5.32 Å². The number of carboxylic acid groups (broad SMARTS) is 1. The van der Waals surface area contributed by atoms with Crippen molar-refractivity contribution < 1.29 is 24.9 Å². The fourth-order valence-electron chi connectivity index (χ4n) is 2.33. The molecule has 0 unspecified atom stereocenters. The molecule has 1 aromatic rings. The summed E-state index contributed by atoms with van der Waals surface area (Å²) >= 11 is 0. The molecule has 4 N–H and O–H groups in total. The smallest absolute Gasteiger partial charge is 0.339 e. The first-order valence-electron chi connectivity index (χ1n) is 6.75. The number of aliphatic hydroxyl groups is 1. The number of nitrogens with one attached hydrogen (secondary N) is 1. The van der Waals surface area contributed by atoms with E-state index in [1.807, 2.05) is 0 Å². The van der Waals surface area contributed by atoms with Crippen molar-refractivity contribution in [2.45, 2.75) is 12.8 Å². The van der Waals surface area contributed by atoms with Gasteiger partial charge in [-0.15, -0.1) is 0 Å². The Hall–Kier alpha value is -2.28. The van der Waals surface area contributed by atoms with Gasteiger partial charge in [0.05, 0.1) is 5.69 Å². The lowest BCUT2D eigenvalue weighted by molar-refractivity contribution is 0.0693. The van der Waals surface area contributed by atoms with E-state index < -0.39 is 11.7 Å². The van der Waals surface area contributed by atoms with Crippen LogP contribution in [-0.4, -0.2) is 51.9 Å². The monoisotopic (exact) mass is 294 g/mol. The number of rotatable bonds is 3. The third-order valence-corrected chi connectivity index (χ3v) is 3.67. The summed E-state index contributed by atoms with van der Waals surface area (Å²) < 4.78 is 0. The standard InChI is InChI=1S/C14H18N2O5/c17-8-9-4-6-16(7-5-9)14(21)15-11-3-1-2-10(12(11)18)13(19)20/h1-3,9,17-18H,4-8H2,(H,15,21)(H,19,20). The highest BCUT2D eigenvalue weighted by Crippen LogP contribution is 2.28. The number of hydrogen-bond acceptors (Lipinski definition) is 4. The van der Waals surface area contributed by atoms with Gasteiger partial charge in [0.1, 0.15) is 5.56 Å². The van der Waals surface area contributed by atoms with Crippen LogP contribution in [0, 0.1) is 5.92 Å². The maximum Gasteiger partial charge on any atom is 0.339 e. The van der Waals surface area contributed by atoms with Gasteiger partial charge in [-0.05, 0) is 30.9 Å². The highest BCUT2D eigenvalue weighted by molar-refractivity contribution is 5.97. The molecule has 1 aromatic carbocycles. The number of piperidine rings is 1. The Balaban J connectivity index is 2.03. The highest BCUT2D eigenvalue weighted by Gasteiger charge is 2.23. The second-order valence-electron chi connectivity index (χ2n) is 5.05. The summed E-state index contributed by atoms with van der Waals surface area (Å²) in [5, 5.41) is 30.3. The van der Waals surface area contributed by atoms with Crippen LogP contribution < -0.4 is 5.32 Å². The van der Waals surface area contributed by atoms with Gasteiger partial charge < -0.3 is 25.5 Å². The third-order valence-electron chi connectivity index (χ3n) is 3.67. The number of benzene rings is 1. The van der Waals surface area contributed by atoms with E-state index in [0.717, 1.165) is 12.8 Å². The summed E-state index contributed by atoms with van der Waals surface area (Å²) in [5.74, 6) is -1.49. The van der Waals surface area contributed by atoms with Crippen molar-refractivity contribution in [2.75, 3.05) is 25.0 Å². The molecule has 1 aliphatic rings. The second-order valence-corrected chi connectivity index (χ2v) is 5.05. The Kier molecular flexibility index (Phi) is 4.64. The highest BCUT2D eigenvalue weighted by atomic mass is 16.4. The molecule has 114 valence electrons. The number of carboxylic acids is 1. The summed E-state index contributed by atoms with van der Waals surface area (Å²) in [6, 6.07) is 3.78. The predicted octanol–water partition coefficient (Wildman–Crippen LogP) is 1.33. The average molecular weight is 294 g/mol. The van der Waals surface area contributed by atoms with E-state index in [9.17, 15) is 14.7 Å². The van der Waals surface area contributed by atoms with Crippen LogP contribution in [0.1, 0.15) is 23.2 Å². The van der Waals surface area contributed by atoms with E-state index in [0.29, 0.717) is 13.1 Å². The minimum Gasteiger partial charge on any atom is -0.505 e. The molecule has 0 spiro atoms. The predicted molar refractivity (Wildman–Crippen MR) is 75.5 cm³/mol. The Bertz CT molecular complexity index is 538. The number of aromatic carboxylic acids is 1. The summed E-state index contributed by atoms with van der Waals surface area (Å²) in [7, 11) is 0. The number of nitrogens with zero attached hydrogens (tertiary/aromatic N) is 1. The summed E-state index contributed by atoms with van der Waals surface area (Å²) in [4.78, 5) is 24.6. The molecule has 2 amide bonds. The van der Waals surface area contributed by atoms with Crippen molar-refractivity contribution in [1.29, 1.82) is 0 Å². The van der Waals surface area contributed by atoms with E-state index in [4.69, 9.17) is 10.2 Å². The number of anilines is 1. The molecule has 0 saturated carbocycles. The van der Waals surface area contributed by atoms with Crippen molar-refractivity contribution in [2.24, 2.45) is 5.92 Å². The summed E-state index contributed by atoms with van der Waals surface area (Å²) in [5.41, 5.74) is -0.184. The number of hydrogen-bond donors (Lipinski definition) is 4. The molecule has 0 aromatic heterocycles. The Morgan fingerprint density at radius 3 is 2.52 bits per heavy atom. The molecular weight excluding hydrogens is 276 g/mol. The lowest BCUT2D eigenvalue weighted by Gasteiger charge is -2.31. The number of amides is 2. The third kappa shape index (κ3) is 3.43. The van der Waals surface area contributed by atoms with Gasteiger partial charge in [0.2, 0.25) is 0 Å². The average Bonchev–Trinajstić information content (AvgIpc) is 2.49. The van der Waals surface area contributed by atoms with Gasteiger partial charge in [-0.3, -0.25) is 0 Å². The second kappa shape index (κ2) is 6.45. The molecule has 1 aliphatic heterocycles. The number of para-hydroxylation sites is 1. The molecular formula is C14H18N2O5. The van der Waals surface area contributed by atoms with E-state index in [1.165, 1.54) is 18.2 Å². The maximum atomic E-state index is 12.1. The van der Waals surface area contributed by atoms with Gasteiger partial charge in [0.25, 0.3) is 0 Å². The minimum absolute atomic E-state index is 0.0733. The molecule has 7 nitrogen and oxygen atoms in total. The van der Waals surface area contributed by atoms with Crippen molar-refractivity contribution in [3.63, 3.8) is 0 Å². The number of urea groups is 1. The SMILES string of the molecule is O=C(O)c1cccc(NC(=O)N2CCC(CO)CC2)c1O. The van der Waals surface area contributed by atoms with E-state index >= 15 is 0 Å². The number of carbonyl (C=O) groups is 2. The molecule has 21 heavy (non-hydrogen) atoms.